The van der Waals surface area contributed by atoms with Crippen molar-refractivity contribution in [2.45, 2.75) is 13.2 Å². The Labute approximate surface area is 104 Å². The topological polar surface area (TPSA) is 35.5 Å². The fourth-order valence-electron chi connectivity index (χ4n) is 1.76. The molecule has 0 radical (unpaired) electrons. The first-order valence-corrected chi connectivity index (χ1v) is 6.11. The van der Waals surface area contributed by atoms with Crippen molar-refractivity contribution in [3.05, 3.63) is 44.9 Å². The van der Waals surface area contributed by atoms with Crippen molar-refractivity contribution in [1.29, 1.82) is 0 Å². The van der Waals surface area contributed by atoms with Crippen molar-refractivity contribution in [3.8, 4) is 0 Å². The molecule has 2 rings (SSSR count). The third-order valence-corrected chi connectivity index (χ3v) is 3.73. The average molecular weight is 250 g/mol. The number of fused-ring (bicyclic) bond motifs is 1. The van der Waals surface area contributed by atoms with Gasteiger partial charge < -0.3 is 9.47 Å². The molecule has 0 spiro atoms. The standard InChI is InChI=1S/C13H14O3S/c1-15-7-10-12(8-16-2)17-11-6-4-3-5-9(11)13(10)14/h3-6H,7-8H2,1-2H3. The molecule has 0 aliphatic carbocycles. The summed E-state index contributed by atoms with van der Waals surface area (Å²) >= 11 is 1.59. The number of ether oxygens (including phenoxy) is 2. The molecule has 0 saturated heterocycles. The molecule has 0 aliphatic rings. The van der Waals surface area contributed by atoms with Gasteiger partial charge in [0.1, 0.15) is 0 Å². The van der Waals surface area contributed by atoms with Crippen molar-refractivity contribution in [3.63, 3.8) is 0 Å². The predicted octanol–water partition coefficient (Wildman–Crippen LogP) is 2.55. The van der Waals surface area contributed by atoms with E-state index in [1.165, 1.54) is 0 Å². The van der Waals surface area contributed by atoms with Gasteiger partial charge in [0.15, 0.2) is 5.43 Å². The molecule has 0 saturated carbocycles. The molecular weight excluding hydrogens is 236 g/mol. The van der Waals surface area contributed by atoms with Crippen LogP contribution in [0.4, 0.5) is 0 Å². The van der Waals surface area contributed by atoms with Crippen molar-refractivity contribution < 1.29 is 9.47 Å². The van der Waals surface area contributed by atoms with E-state index in [9.17, 15) is 4.79 Å². The molecule has 0 N–H and O–H groups in total. The fraction of sp³-hybridized carbons (Fsp3) is 0.308. The summed E-state index contributed by atoms with van der Waals surface area (Å²) in [7, 11) is 3.22. The van der Waals surface area contributed by atoms with Gasteiger partial charge in [-0.15, -0.1) is 11.3 Å². The van der Waals surface area contributed by atoms with E-state index < -0.39 is 0 Å². The second-order valence-electron chi connectivity index (χ2n) is 3.70. The summed E-state index contributed by atoms with van der Waals surface area (Å²) in [6, 6.07) is 7.62. The van der Waals surface area contributed by atoms with Crippen LogP contribution >= 0.6 is 11.3 Å². The Hall–Kier alpha value is -1.23. The van der Waals surface area contributed by atoms with E-state index in [0.29, 0.717) is 18.8 Å². The smallest absolute Gasteiger partial charge is 0.193 e. The number of benzene rings is 1. The zero-order chi connectivity index (χ0) is 12.3. The van der Waals surface area contributed by atoms with E-state index in [4.69, 9.17) is 9.47 Å². The van der Waals surface area contributed by atoms with Crippen molar-refractivity contribution >= 4 is 21.4 Å². The summed E-state index contributed by atoms with van der Waals surface area (Å²) in [6.45, 7) is 0.780. The fourth-order valence-corrected chi connectivity index (χ4v) is 2.90. The summed E-state index contributed by atoms with van der Waals surface area (Å²) < 4.78 is 11.2. The van der Waals surface area contributed by atoms with Crippen molar-refractivity contribution in [2.24, 2.45) is 0 Å². The minimum Gasteiger partial charge on any atom is -0.380 e. The summed E-state index contributed by atoms with van der Waals surface area (Å²) in [6.07, 6.45) is 0. The van der Waals surface area contributed by atoms with Gasteiger partial charge in [0, 0.05) is 34.7 Å². The zero-order valence-corrected chi connectivity index (χ0v) is 10.7. The number of hydrogen-bond acceptors (Lipinski definition) is 4. The van der Waals surface area contributed by atoms with Crippen LogP contribution in [0.25, 0.3) is 10.1 Å². The molecule has 1 heterocycles. The van der Waals surface area contributed by atoms with Gasteiger partial charge in [0.05, 0.1) is 13.2 Å². The monoisotopic (exact) mass is 250 g/mol. The molecule has 0 aliphatic heterocycles. The van der Waals surface area contributed by atoms with E-state index in [1.54, 1.807) is 25.6 Å². The van der Waals surface area contributed by atoms with Crippen LogP contribution in [-0.2, 0) is 22.7 Å². The van der Waals surface area contributed by atoms with Crippen LogP contribution in [0.15, 0.2) is 29.1 Å². The van der Waals surface area contributed by atoms with Gasteiger partial charge in [-0.05, 0) is 12.1 Å². The van der Waals surface area contributed by atoms with Gasteiger partial charge in [-0.3, -0.25) is 4.79 Å². The molecule has 3 nitrogen and oxygen atoms in total. The maximum absolute atomic E-state index is 12.3. The second kappa shape index (κ2) is 5.40. The maximum Gasteiger partial charge on any atom is 0.193 e. The molecule has 0 bridgehead atoms. The Morgan fingerprint density at radius 1 is 1.12 bits per heavy atom. The Bertz CT molecular complexity index is 574. The molecule has 1 aromatic carbocycles. The number of methoxy groups -OCH3 is 2. The third-order valence-electron chi connectivity index (χ3n) is 2.54. The molecule has 0 amide bonds. The van der Waals surface area contributed by atoms with Gasteiger partial charge in [-0.25, -0.2) is 0 Å². The zero-order valence-electron chi connectivity index (χ0n) is 9.86. The van der Waals surface area contributed by atoms with Gasteiger partial charge in [0.25, 0.3) is 0 Å². The normalized spacial score (nSPS) is 10.9. The molecule has 0 atom stereocenters. The summed E-state index contributed by atoms with van der Waals surface area (Å²) in [5.41, 5.74) is 0.756. The molecule has 17 heavy (non-hydrogen) atoms. The highest BCUT2D eigenvalue weighted by atomic mass is 32.1. The molecule has 1 aromatic heterocycles. The van der Waals surface area contributed by atoms with Gasteiger partial charge >= 0.3 is 0 Å². The molecule has 90 valence electrons. The van der Waals surface area contributed by atoms with E-state index >= 15 is 0 Å². The van der Waals surface area contributed by atoms with E-state index in [1.807, 2.05) is 24.3 Å². The van der Waals surface area contributed by atoms with Crippen LogP contribution in [0.5, 0.6) is 0 Å². The molecule has 0 unspecified atom stereocenters. The Balaban J connectivity index is 2.69. The van der Waals surface area contributed by atoms with Crippen LogP contribution < -0.4 is 5.43 Å². The van der Waals surface area contributed by atoms with Crippen LogP contribution in [-0.4, -0.2) is 14.2 Å². The van der Waals surface area contributed by atoms with Crippen molar-refractivity contribution in [1.82, 2.24) is 0 Å². The van der Waals surface area contributed by atoms with Crippen LogP contribution in [0.1, 0.15) is 10.4 Å². The Kier molecular flexibility index (Phi) is 3.89. The Morgan fingerprint density at radius 3 is 2.53 bits per heavy atom. The van der Waals surface area contributed by atoms with Crippen molar-refractivity contribution in [2.75, 3.05) is 14.2 Å². The highest BCUT2D eigenvalue weighted by Gasteiger charge is 2.11. The minimum atomic E-state index is 0.0493. The lowest BCUT2D eigenvalue weighted by Gasteiger charge is -2.08. The summed E-state index contributed by atoms with van der Waals surface area (Å²) in [5.74, 6) is 0. The summed E-state index contributed by atoms with van der Waals surface area (Å²) in [4.78, 5) is 13.2. The lowest BCUT2D eigenvalue weighted by atomic mass is 10.2. The molecular formula is C13H14O3S. The lowest BCUT2D eigenvalue weighted by molar-refractivity contribution is 0.170. The van der Waals surface area contributed by atoms with Crippen LogP contribution in [0.3, 0.4) is 0 Å². The van der Waals surface area contributed by atoms with E-state index in [0.717, 1.165) is 15.0 Å². The highest BCUT2D eigenvalue weighted by Crippen LogP contribution is 2.23. The quantitative estimate of drug-likeness (QED) is 0.836. The first-order valence-electron chi connectivity index (χ1n) is 5.29. The highest BCUT2D eigenvalue weighted by molar-refractivity contribution is 7.18. The molecule has 0 fully saturated rings. The average Bonchev–Trinajstić information content (AvgIpc) is 2.34. The van der Waals surface area contributed by atoms with Crippen LogP contribution in [0.2, 0.25) is 0 Å². The van der Waals surface area contributed by atoms with Crippen LogP contribution in [0, 0.1) is 0 Å². The predicted molar refractivity (Wildman–Crippen MR) is 69.5 cm³/mol. The van der Waals surface area contributed by atoms with E-state index in [2.05, 4.69) is 0 Å². The van der Waals surface area contributed by atoms with Gasteiger partial charge in [0.2, 0.25) is 0 Å². The maximum atomic E-state index is 12.3. The SMILES string of the molecule is COCc1sc2ccccc2c(=O)c1COC. The van der Waals surface area contributed by atoms with Gasteiger partial charge in [-0.1, -0.05) is 12.1 Å². The number of rotatable bonds is 4. The third kappa shape index (κ3) is 2.39. The van der Waals surface area contributed by atoms with E-state index in [-0.39, 0.29) is 5.43 Å². The second-order valence-corrected chi connectivity index (χ2v) is 4.83. The first-order chi connectivity index (χ1) is 8.27. The first kappa shape index (κ1) is 12.2. The molecule has 4 heteroatoms. The number of hydrogen-bond donors (Lipinski definition) is 0. The largest absolute Gasteiger partial charge is 0.380 e. The van der Waals surface area contributed by atoms with Gasteiger partial charge in [-0.2, -0.15) is 0 Å². The Morgan fingerprint density at radius 2 is 1.82 bits per heavy atom. The molecule has 2 aromatic rings. The summed E-state index contributed by atoms with van der Waals surface area (Å²) in [5, 5.41) is 0.754. The minimum absolute atomic E-state index is 0.0493. The lowest BCUT2D eigenvalue weighted by Crippen LogP contribution is -2.13.